The summed E-state index contributed by atoms with van der Waals surface area (Å²) in [6.07, 6.45) is -4.41. The van der Waals surface area contributed by atoms with Crippen molar-refractivity contribution in [2.45, 2.75) is 12.2 Å². The van der Waals surface area contributed by atoms with E-state index in [0.29, 0.717) is 5.56 Å². The SMILES string of the molecule is NNC(c1ccc(I)cc1)c1ccccc1C(F)(F)F. The van der Waals surface area contributed by atoms with Gasteiger partial charge >= 0.3 is 6.18 Å². The molecule has 0 heterocycles. The van der Waals surface area contributed by atoms with Gasteiger partial charge in [-0.05, 0) is 51.9 Å². The fourth-order valence-electron chi connectivity index (χ4n) is 2.03. The van der Waals surface area contributed by atoms with Crippen LogP contribution in [-0.2, 0) is 6.18 Å². The van der Waals surface area contributed by atoms with E-state index in [1.807, 2.05) is 12.1 Å². The van der Waals surface area contributed by atoms with Gasteiger partial charge in [0.2, 0.25) is 0 Å². The van der Waals surface area contributed by atoms with Crippen LogP contribution in [0.3, 0.4) is 0 Å². The van der Waals surface area contributed by atoms with Gasteiger partial charge < -0.3 is 0 Å². The van der Waals surface area contributed by atoms with Gasteiger partial charge in [-0.15, -0.1) is 0 Å². The van der Waals surface area contributed by atoms with Crippen LogP contribution in [0.1, 0.15) is 22.7 Å². The Hall–Kier alpha value is -1.12. The number of hydrogen-bond acceptors (Lipinski definition) is 2. The molecule has 3 N–H and O–H groups in total. The minimum absolute atomic E-state index is 0.115. The Balaban J connectivity index is 2.50. The third kappa shape index (κ3) is 3.31. The molecule has 106 valence electrons. The summed E-state index contributed by atoms with van der Waals surface area (Å²) in [6, 6.07) is 11.9. The number of hydrogen-bond donors (Lipinski definition) is 2. The molecule has 6 heteroatoms. The summed E-state index contributed by atoms with van der Waals surface area (Å²) >= 11 is 2.13. The van der Waals surface area contributed by atoms with Crippen molar-refractivity contribution < 1.29 is 13.2 Å². The van der Waals surface area contributed by atoms with Crippen molar-refractivity contribution in [1.82, 2.24) is 5.43 Å². The van der Waals surface area contributed by atoms with Gasteiger partial charge in [0.15, 0.2) is 0 Å². The van der Waals surface area contributed by atoms with E-state index in [1.165, 1.54) is 12.1 Å². The maximum absolute atomic E-state index is 13.1. The lowest BCUT2D eigenvalue weighted by Gasteiger charge is -2.21. The van der Waals surface area contributed by atoms with Crippen LogP contribution in [-0.4, -0.2) is 0 Å². The van der Waals surface area contributed by atoms with Crippen LogP contribution in [0.2, 0.25) is 0 Å². The molecule has 0 aromatic heterocycles. The first-order chi connectivity index (χ1) is 9.43. The van der Waals surface area contributed by atoms with E-state index in [0.717, 1.165) is 9.64 Å². The van der Waals surface area contributed by atoms with Gasteiger partial charge in [0.25, 0.3) is 0 Å². The number of rotatable bonds is 3. The number of halogens is 4. The smallest absolute Gasteiger partial charge is 0.271 e. The molecule has 1 unspecified atom stereocenters. The maximum atomic E-state index is 13.1. The standard InChI is InChI=1S/C14H12F3IN2/c15-14(16,17)12-4-2-1-3-11(12)13(20-19)9-5-7-10(18)8-6-9/h1-8,13,20H,19H2. The number of hydrazine groups is 1. The zero-order valence-corrected chi connectivity index (χ0v) is 12.4. The van der Waals surface area contributed by atoms with E-state index in [9.17, 15) is 13.2 Å². The first-order valence-corrected chi connectivity index (χ1v) is 6.89. The predicted octanol–water partition coefficient (Wildman–Crippen LogP) is 3.86. The average Bonchev–Trinajstić information content (AvgIpc) is 2.41. The fraction of sp³-hybridized carbons (Fsp3) is 0.143. The molecule has 0 aliphatic rings. The highest BCUT2D eigenvalue weighted by molar-refractivity contribution is 14.1. The highest BCUT2D eigenvalue weighted by atomic mass is 127. The van der Waals surface area contributed by atoms with Crippen molar-refractivity contribution in [3.8, 4) is 0 Å². The Morgan fingerprint density at radius 2 is 1.60 bits per heavy atom. The highest BCUT2D eigenvalue weighted by Gasteiger charge is 2.35. The predicted molar refractivity (Wildman–Crippen MR) is 79.8 cm³/mol. The van der Waals surface area contributed by atoms with Gasteiger partial charge in [0, 0.05) is 3.57 Å². The molecule has 2 aromatic carbocycles. The monoisotopic (exact) mass is 392 g/mol. The number of nitrogens with one attached hydrogen (secondary N) is 1. The number of alkyl halides is 3. The summed E-state index contributed by atoms with van der Waals surface area (Å²) in [7, 11) is 0. The number of benzene rings is 2. The molecular formula is C14H12F3IN2. The minimum Gasteiger partial charge on any atom is -0.271 e. The molecule has 20 heavy (non-hydrogen) atoms. The Morgan fingerprint density at radius 1 is 1.00 bits per heavy atom. The third-order valence-electron chi connectivity index (χ3n) is 2.95. The van der Waals surface area contributed by atoms with E-state index in [1.54, 1.807) is 18.2 Å². The molecule has 2 rings (SSSR count). The van der Waals surface area contributed by atoms with Crippen LogP contribution in [0.25, 0.3) is 0 Å². The van der Waals surface area contributed by atoms with Gasteiger partial charge in [-0.25, -0.2) is 5.43 Å². The van der Waals surface area contributed by atoms with Crippen LogP contribution in [0.4, 0.5) is 13.2 Å². The summed E-state index contributed by atoms with van der Waals surface area (Å²) in [6.45, 7) is 0. The summed E-state index contributed by atoms with van der Waals surface area (Å²) in [4.78, 5) is 0. The van der Waals surface area contributed by atoms with E-state index in [2.05, 4.69) is 28.0 Å². The number of nitrogens with two attached hydrogens (primary N) is 1. The van der Waals surface area contributed by atoms with Crippen molar-refractivity contribution >= 4 is 22.6 Å². The van der Waals surface area contributed by atoms with Crippen molar-refractivity contribution in [2.75, 3.05) is 0 Å². The van der Waals surface area contributed by atoms with Crippen molar-refractivity contribution in [3.05, 3.63) is 68.8 Å². The molecular weight excluding hydrogens is 380 g/mol. The molecule has 1 atom stereocenters. The average molecular weight is 392 g/mol. The minimum atomic E-state index is -4.41. The second kappa shape index (κ2) is 6.11. The normalized spacial score (nSPS) is 13.2. The van der Waals surface area contributed by atoms with Crippen LogP contribution in [0.15, 0.2) is 48.5 Å². The van der Waals surface area contributed by atoms with E-state index < -0.39 is 17.8 Å². The molecule has 0 radical (unpaired) electrons. The van der Waals surface area contributed by atoms with Crippen molar-refractivity contribution in [3.63, 3.8) is 0 Å². The molecule has 0 fully saturated rings. The van der Waals surface area contributed by atoms with Crippen molar-refractivity contribution in [1.29, 1.82) is 0 Å². The topological polar surface area (TPSA) is 38.0 Å². The Morgan fingerprint density at radius 3 is 2.15 bits per heavy atom. The molecule has 0 aliphatic heterocycles. The van der Waals surface area contributed by atoms with E-state index >= 15 is 0 Å². The lowest BCUT2D eigenvalue weighted by Crippen LogP contribution is -2.30. The molecule has 0 bridgehead atoms. The summed E-state index contributed by atoms with van der Waals surface area (Å²) in [5.74, 6) is 5.47. The fourth-order valence-corrected chi connectivity index (χ4v) is 2.39. The largest absolute Gasteiger partial charge is 0.416 e. The second-order valence-electron chi connectivity index (χ2n) is 4.24. The molecule has 0 saturated carbocycles. The Bertz CT molecular complexity index is 582. The van der Waals surface area contributed by atoms with E-state index in [-0.39, 0.29) is 5.56 Å². The molecule has 0 spiro atoms. The summed E-state index contributed by atoms with van der Waals surface area (Å²) in [5, 5.41) is 0. The van der Waals surface area contributed by atoms with Gasteiger partial charge in [-0.3, -0.25) is 5.84 Å². The van der Waals surface area contributed by atoms with Gasteiger partial charge in [-0.2, -0.15) is 13.2 Å². The van der Waals surface area contributed by atoms with Crippen molar-refractivity contribution in [2.24, 2.45) is 5.84 Å². The lowest BCUT2D eigenvalue weighted by atomic mass is 9.94. The quantitative estimate of drug-likeness (QED) is 0.473. The molecule has 0 amide bonds. The Labute approximate surface area is 128 Å². The van der Waals surface area contributed by atoms with Gasteiger partial charge in [-0.1, -0.05) is 30.3 Å². The molecule has 0 aliphatic carbocycles. The zero-order valence-electron chi connectivity index (χ0n) is 10.3. The molecule has 2 nitrogen and oxygen atoms in total. The van der Waals surface area contributed by atoms with Crippen LogP contribution < -0.4 is 11.3 Å². The maximum Gasteiger partial charge on any atom is 0.416 e. The lowest BCUT2D eigenvalue weighted by molar-refractivity contribution is -0.138. The molecule has 2 aromatic rings. The summed E-state index contributed by atoms with van der Waals surface area (Å²) < 4.78 is 40.2. The zero-order chi connectivity index (χ0) is 14.8. The Kier molecular flexibility index (Phi) is 4.66. The highest BCUT2D eigenvalue weighted by Crippen LogP contribution is 2.36. The summed E-state index contributed by atoms with van der Waals surface area (Å²) in [5.41, 5.74) is 2.58. The first-order valence-electron chi connectivity index (χ1n) is 5.81. The molecule has 0 saturated heterocycles. The van der Waals surface area contributed by atoms with Crippen LogP contribution in [0, 0.1) is 3.57 Å². The first kappa shape index (κ1) is 15.3. The third-order valence-corrected chi connectivity index (χ3v) is 3.67. The van der Waals surface area contributed by atoms with E-state index in [4.69, 9.17) is 5.84 Å². The second-order valence-corrected chi connectivity index (χ2v) is 5.48. The van der Waals surface area contributed by atoms with Crippen LogP contribution >= 0.6 is 22.6 Å². The van der Waals surface area contributed by atoms with Crippen LogP contribution in [0.5, 0.6) is 0 Å². The van der Waals surface area contributed by atoms with Gasteiger partial charge in [0.1, 0.15) is 0 Å². The van der Waals surface area contributed by atoms with Gasteiger partial charge in [0.05, 0.1) is 11.6 Å².